The first-order chi connectivity index (χ1) is 13.5. The lowest BCUT2D eigenvalue weighted by Crippen LogP contribution is -2.54. The molecule has 8 heteroatoms. The van der Waals surface area contributed by atoms with Gasteiger partial charge < -0.3 is 10.0 Å². The van der Waals surface area contributed by atoms with Crippen LogP contribution >= 0.6 is 0 Å². The number of benzene rings is 1. The Morgan fingerprint density at radius 3 is 2.89 bits per heavy atom. The lowest BCUT2D eigenvalue weighted by molar-refractivity contribution is -0.143. The maximum Gasteiger partial charge on any atom is 0.227 e. The van der Waals surface area contributed by atoms with Gasteiger partial charge in [-0.15, -0.1) is 5.10 Å². The Labute approximate surface area is 163 Å². The number of aliphatic hydroxyl groups is 1. The van der Waals surface area contributed by atoms with Gasteiger partial charge in [-0.2, -0.15) is 0 Å². The second-order valence-electron chi connectivity index (χ2n) is 7.90. The maximum atomic E-state index is 13.4. The zero-order chi connectivity index (χ0) is 19.7. The van der Waals surface area contributed by atoms with Crippen molar-refractivity contribution in [2.75, 3.05) is 26.2 Å². The van der Waals surface area contributed by atoms with E-state index >= 15 is 0 Å². The fraction of sp³-hybridized carbons (Fsp3) is 0.550. The minimum Gasteiger partial charge on any atom is -0.387 e. The Kier molecular flexibility index (Phi) is 5.41. The fourth-order valence-electron chi connectivity index (χ4n) is 4.02. The molecule has 1 amide bonds. The summed E-state index contributed by atoms with van der Waals surface area (Å²) in [7, 11) is 0. The number of likely N-dealkylation sites (tertiary alicyclic amines) is 2. The third-order valence-corrected chi connectivity index (χ3v) is 5.65. The number of carbonyl (C=O) groups is 1. The van der Waals surface area contributed by atoms with Crippen LogP contribution in [0.5, 0.6) is 0 Å². The van der Waals surface area contributed by atoms with Crippen LogP contribution in [0, 0.1) is 11.7 Å². The van der Waals surface area contributed by atoms with Crippen LogP contribution in [0.15, 0.2) is 30.5 Å². The average Bonchev–Trinajstić information content (AvgIpc) is 3.10. The molecule has 2 aliphatic heterocycles. The summed E-state index contributed by atoms with van der Waals surface area (Å²) < 4.78 is 15.1. The van der Waals surface area contributed by atoms with Crippen LogP contribution in [-0.4, -0.2) is 62.0 Å². The monoisotopic (exact) mass is 387 g/mol. The van der Waals surface area contributed by atoms with Crippen molar-refractivity contribution in [3.05, 3.63) is 47.5 Å². The van der Waals surface area contributed by atoms with Crippen LogP contribution < -0.4 is 0 Å². The van der Waals surface area contributed by atoms with Crippen LogP contribution in [-0.2, 0) is 11.3 Å². The molecule has 0 spiro atoms. The van der Waals surface area contributed by atoms with Crippen molar-refractivity contribution in [3.8, 4) is 0 Å². The average molecular weight is 387 g/mol. The van der Waals surface area contributed by atoms with Gasteiger partial charge in [0.1, 0.15) is 11.5 Å². The van der Waals surface area contributed by atoms with E-state index < -0.39 is 6.10 Å². The van der Waals surface area contributed by atoms with E-state index in [1.54, 1.807) is 29.9 Å². The number of hydrogen-bond acceptors (Lipinski definition) is 5. The molecule has 150 valence electrons. The van der Waals surface area contributed by atoms with Gasteiger partial charge in [0.05, 0.1) is 24.3 Å². The predicted octanol–water partition coefficient (Wildman–Crippen LogP) is 1.77. The molecule has 1 N–H and O–H groups in total. The van der Waals surface area contributed by atoms with Crippen molar-refractivity contribution in [3.63, 3.8) is 0 Å². The molecule has 2 saturated heterocycles. The van der Waals surface area contributed by atoms with Crippen molar-refractivity contribution < 1.29 is 14.3 Å². The van der Waals surface area contributed by atoms with Gasteiger partial charge >= 0.3 is 0 Å². The summed E-state index contributed by atoms with van der Waals surface area (Å²) in [6, 6.07) is 6.78. The summed E-state index contributed by atoms with van der Waals surface area (Å²) in [5.41, 5.74) is 1.49. The highest BCUT2D eigenvalue weighted by atomic mass is 19.1. The molecule has 0 saturated carbocycles. The third kappa shape index (κ3) is 4.07. The molecule has 4 rings (SSSR count). The Morgan fingerprint density at radius 2 is 2.18 bits per heavy atom. The molecule has 7 nitrogen and oxygen atoms in total. The summed E-state index contributed by atoms with van der Waals surface area (Å²) in [5.74, 6) is -0.0382. The number of nitrogens with zero attached hydrogens (tertiary/aromatic N) is 5. The van der Waals surface area contributed by atoms with E-state index in [9.17, 15) is 14.3 Å². The Bertz CT molecular complexity index is 834. The fourth-order valence-corrected chi connectivity index (χ4v) is 4.02. The maximum absolute atomic E-state index is 13.4. The number of hydrogen-bond donors (Lipinski definition) is 1. The zero-order valence-corrected chi connectivity index (χ0v) is 16.0. The Morgan fingerprint density at radius 1 is 1.36 bits per heavy atom. The molecule has 1 aromatic carbocycles. The third-order valence-electron chi connectivity index (χ3n) is 5.65. The molecule has 3 heterocycles. The molecule has 0 aliphatic carbocycles. The second-order valence-corrected chi connectivity index (χ2v) is 7.90. The van der Waals surface area contributed by atoms with Gasteiger partial charge in [0.25, 0.3) is 0 Å². The molecule has 2 aliphatic rings. The van der Waals surface area contributed by atoms with E-state index in [0.29, 0.717) is 31.9 Å². The topological polar surface area (TPSA) is 74.5 Å². The molecule has 2 fully saturated rings. The standard InChI is InChI=1S/C20H26FN5O2/c1-14(27)19-13-26(23-22-19)18-11-25(12-18)20(28)16-5-3-7-24(10-16)9-15-4-2-6-17(21)8-15/h2,4,6,8,13-14,16,18,27H,3,5,7,9-12H2,1H3. The van der Waals surface area contributed by atoms with E-state index in [4.69, 9.17) is 0 Å². The number of aromatic nitrogens is 3. The van der Waals surface area contributed by atoms with Crippen molar-refractivity contribution in [1.29, 1.82) is 0 Å². The number of halogens is 1. The Balaban J connectivity index is 1.30. The first-order valence-electron chi connectivity index (χ1n) is 9.85. The number of aliphatic hydroxyl groups excluding tert-OH is 1. The lowest BCUT2D eigenvalue weighted by Gasteiger charge is -2.42. The molecule has 2 aromatic rings. The molecule has 2 unspecified atom stereocenters. The molecule has 1 aromatic heterocycles. The molecule has 0 bridgehead atoms. The minimum atomic E-state index is -0.641. The number of rotatable bonds is 5. The normalized spacial score (nSPS) is 22.1. The molecule has 28 heavy (non-hydrogen) atoms. The van der Waals surface area contributed by atoms with E-state index in [1.165, 1.54) is 6.07 Å². The van der Waals surface area contributed by atoms with E-state index in [2.05, 4.69) is 15.2 Å². The number of carbonyl (C=O) groups excluding carboxylic acids is 1. The van der Waals surface area contributed by atoms with Gasteiger partial charge in [-0.3, -0.25) is 9.69 Å². The van der Waals surface area contributed by atoms with Gasteiger partial charge in [0.2, 0.25) is 5.91 Å². The van der Waals surface area contributed by atoms with Crippen LogP contribution in [0.2, 0.25) is 0 Å². The molecule has 2 atom stereocenters. The zero-order valence-electron chi connectivity index (χ0n) is 16.0. The van der Waals surface area contributed by atoms with Gasteiger partial charge in [0.15, 0.2) is 0 Å². The SMILES string of the molecule is CC(O)c1cn(C2CN(C(=O)C3CCCN(Cc4cccc(F)c4)C3)C2)nn1. The van der Waals surface area contributed by atoms with Gasteiger partial charge in [-0.1, -0.05) is 17.3 Å². The molecular weight excluding hydrogens is 361 g/mol. The highest BCUT2D eigenvalue weighted by molar-refractivity contribution is 5.80. The lowest BCUT2D eigenvalue weighted by atomic mass is 9.94. The smallest absolute Gasteiger partial charge is 0.227 e. The minimum absolute atomic E-state index is 0.00738. The van der Waals surface area contributed by atoms with Crippen molar-refractivity contribution in [2.24, 2.45) is 5.92 Å². The molecular formula is C20H26FN5O2. The first-order valence-corrected chi connectivity index (χ1v) is 9.85. The summed E-state index contributed by atoms with van der Waals surface area (Å²) in [6.45, 7) is 5.23. The summed E-state index contributed by atoms with van der Waals surface area (Å²) in [4.78, 5) is 17.0. The van der Waals surface area contributed by atoms with E-state index in [-0.39, 0.29) is 23.7 Å². The quantitative estimate of drug-likeness (QED) is 0.846. The van der Waals surface area contributed by atoms with Gasteiger partial charge in [-0.05, 0) is 44.0 Å². The van der Waals surface area contributed by atoms with Gasteiger partial charge in [0, 0.05) is 26.2 Å². The second kappa shape index (κ2) is 7.97. The highest BCUT2D eigenvalue weighted by Crippen LogP contribution is 2.27. The van der Waals surface area contributed by atoms with Crippen LogP contribution in [0.1, 0.15) is 43.2 Å². The van der Waals surface area contributed by atoms with Crippen LogP contribution in [0.4, 0.5) is 4.39 Å². The van der Waals surface area contributed by atoms with Crippen molar-refractivity contribution in [2.45, 2.75) is 38.5 Å². The summed E-state index contributed by atoms with van der Waals surface area (Å²) >= 11 is 0. The van der Waals surface area contributed by atoms with E-state index in [0.717, 1.165) is 24.9 Å². The van der Waals surface area contributed by atoms with Crippen molar-refractivity contribution in [1.82, 2.24) is 24.8 Å². The highest BCUT2D eigenvalue weighted by Gasteiger charge is 2.37. The largest absolute Gasteiger partial charge is 0.387 e. The summed E-state index contributed by atoms with van der Waals surface area (Å²) in [5, 5.41) is 17.6. The summed E-state index contributed by atoms with van der Waals surface area (Å²) in [6.07, 6.45) is 2.98. The number of amides is 1. The first kappa shape index (κ1) is 19.0. The predicted molar refractivity (Wildman–Crippen MR) is 101 cm³/mol. The van der Waals surface area contributed by atoms with Crippen molar-refractivity contribution >= 4 is 5.91 Å². The molecule has 0 radical (unpaired) electrons. The van der Waals surface area contributed by atoms with Crippen LogP contribution in [0.3, 0.4) is 0 Å². The Hall–Kier alpha value is -2.32. The van der Waals surface area contributed by atoms with E-state index in [1.807, 2.05) is 11.0 Å². The van der Waals surface area contributed by atoms with Crippen LogP contribution in [0.25, 0.3) is 0 Å². The number of piperidine rings is 1. The van der Waals surface area contributed by atoms with Gasteiger partial charge in [-0.25, -0.2) is 9.07 Å².